The molecule has 0 aromatic rings. The normalized spacial score (nSPS) is 16.9. The van der Waals surface area contributed by atoms with Gasteiger partial charge in [0.1, 0.15) is 0 Å². The van der Waals surface area contributed by atoms with Gasteiger partial charge in [-0.05, 0) is 12.8 Å². The molecule has 1 rings (SSSR count). The highest BCUT2D eigenvalue weighted by Gasteiger charge is 2.32. The summed E-state index contributed by atoms with van der Waals surface area (Å²) in [5.74, 6) is -0.675. The van der Waals surface area contributed by atoms with Crippen molar-refractivity contribution in [3.63, 3.8) is 0 Å². The Morgan fingerprint density at radius 2 is 1.64 bits per heavy atom. The van der Waals surface area contributed by atoms with Gasteiger partial charge in [-0.3, -0.25) is 14.5 Å². The Hall–Kier alpha value is -1.16. The van der Waals surface area contributed by atoms with Crippen LogP contribution in [0.3, 0.4) is 0 Å². The van der Waals surface area contributed by atoms with Crippen molar-refractivity contribution < 1.29 is 14.7 Å². The van der Waals surface area contributed by atoms with Crippen LogP contribution in [0.1, 0.15) is 26.7 Å². The van der Waals surface area contributed by atoms with Gasteiger partial charge in [0.15, 0.2) is 0 Å². The van der Waals surface area contributed by atoms with Gasteiger partial charge in [0.2, 0.25) is 0 Å². The molecule has 0 aromatic carbocycles. The first kappa shape index (κ1) is 10.9. The fourth-order valence-corrected chi connectivity index (χ4v) is 1.35. The second kappa shape index (κ2) is 3.92. The van der Waals surface area contributed by atoms with E-state index in [1.165, 1.54) is 12.2 Å². The van der Waals surface area contributed by atoms with Crippen molar-refractivity contribution in [3.05, 3.63) is 12.2 Å². The molecule has 0 aliphatic carbocycles. The van der Waals surface area contributed by atoms with Crippen molar-refractivity contribution in [2.45, 2.75) is 32.3 Å². The Morgan fingerprint density at radius 3 is 2.00 bits per heavy atom. The lowest BCUT2D eigenvalue weighted by atomic mass is 9.97. The molecule has 1 heterocycles. The average Bonchev–Trinajstić information content (AvgIpc) is 2.49. The summed E-state index contributed by atoms with van der Waals surface area (Å²) in [6.45, 7) is 3.76. The van der Waals surface area contributed by atoms with Crippen molar-refractivity contribution in [1.82, 2.24) is 4.90 Å². The van der Waals surface area contributed by atoms with Crippen LogP contribution < -0.4 is 0 Å². The Bertz CT molecular complexity index is 261. The highest BCUT2D eigenvalue weighted by Crippen LogP contribution is 2.18. The van der Waals surface area contributed by atoms with Gasteiger partial charge in [0.25, 0.3) is 11.8 Å². The van der Waals surface area contributed by atoms with Gasteiger partial charge >= 0.3 is 0 Å². The second-order valence-electron chi connectivity index (χ2n) is 3.53. The topological polar surface area (TPSA) is 57.6 Å². The van der Waals surface area contributed by atoms with Gasteiger partial charge in [0.05, 0.1) is 12.1 Å². The first-order chi connectivity index (χ1) is 6.52. The molecular weight excluding hydrogens is 182 g/mol. The number of rotatable bonds is 4. The number of aliphatic hydroxyl groups is 1. The maximum Gasteiger partial charge on any atom is 0.253 e. The third kappa shape index (κ3) is 2.01. The fourth-order valence-electron chi connectivity index (χ4n) is 1.35. The summed E-state index contributed by atoms with van der Waals surface area (Å²) < 4.78 is 0. The first-order valence-corrected chi connectivity index (χ1v) is 4.78. The van der Waals surface area contributed by atoms with E-state index in [9.17, 15) is 14.7 Å². The van der Waals surface area contributed by atoms with E-state index in [2.05, 4.69) is 0 Å². The van der Waals surface area contributed by atoms with E-state index in [0.29, 0.717) is 12.8 Å². The predicted octanol–water partition coefficient (Wildman–Crippen LogP) is 0.462. The summed E-state index contributed by atoms with van der Waals surface area (Å²) in [5.41, 5.74) is -0.947. The number of carbonyl (C=O) groups is 2. The van der Waals surface area contributed by atoms with E-state index < -0.39 is 5.60 Å². The van der Waals surface area contributed by atoms with E-state index in [4.69, 9.17) is 0 Å². The van der Waals surface area contributed by atoms with Crippen LogP contribution in [0.25, 0.3) is 0 Å². The van der Waals surface area contributed by atoms with Crippen LogP contribution in [0.15, 0.2) is 12.2 Å². The molecular formula is C10H15NO3. The molecule has 1 N–H and O–H groups in total. The van der Waals surface area contributed by atoms with Crippen molar-refractivity contribution in [2.24, 2.45) is 0 Å². The molecule has 0 fully saturated rings. The van der Waals surface area contributed by atoms with Crippen LogP contribution in [0.5, 0.6) is 0 Å². The summed E-state index contributed by atoms with van der Waals surface area (Å²) in [4.78, 5) is 23.5. The van der Waals surface area contributed by atoms with Crippen LogP contribution in [-0.2, 0) is 9.59 Å². The Morgan fingerprint density at radius 1 is 1.21 bits per heavy atom. The van der Waals surface area contributed by atoms with E-state index in [-0.39, 0.29) is 18.4 Å². The molecule has 0 unspecified atom stereocenters. The Kier molecular flexibility index (Phi) is 3.06. The molecule has 14 heavy (non-hydrogen) atoms. The third-order valence-corrected chi connectivity index (χ3v) is 2.67. The number of β-amino-alcohol motifs (C(OH)–C–C–N with tert-alkyl or cyclic N) is 1. The molecule has 0 saturated heterocycles. The SMILES string of the molecule is CCC(O)(CC)CN1C(=O)C=CC1=O. The number of hydrogen-bond donors (Lipinski definition) is 1. The summed E-state index contributed by atoms with van der Waals surface area (Å²) >= 11 is 0. The third-order valence-electron chi connectivity index (χ3n) is 2.67. The quantitative estimate of drug-likeness (QED) is 0.666. The number of imide groups is 1. The monoisotopic (exact) mass is 197 g/mol. The number of carbonyl (C=O) groups excluding carboxylic acids is 2. The minimum atomic E-state index is -0.947. The predicted molar refractivity (Wildman–Crippen MR) is 51.4 cm³/mol. The van der Waals surface area contributed by atoms with E-state index in [0.717, 1.165) is 4.90 Å². The summed E-state index contributed by atoms with van der Waals surface area (Å²) in [7, 11) is 0. The number of amides is 2. The number of nitrogens with zero attached hydrogens (tertiary/aromatic N) is 1. The molecule has 0 atom stereocenters. The molecule has 78 valence electrons. The van der Waals surface area contributed by atoms with Gasteiger partial charge in [0, 0.05) is 12.2 Å². The van der Waals surface area contributed by atoms with Gasteiger partial charge < -0.3 is 5.11 Å². The van der Waals surface area contributed by atoms with Crippen LogP contribution in [-0.4, -0.2) is 34.0 Å². The number of hydrogen-bond acceptors (Lipinski definition) is 3. The highest BCUT2D eigenvalue weighted by molar-refractivity contribution is 6.12. The molecule has 2 amide bonds. The first-order valence-electron chi connectivity index (χ1n) is 4.78. The fraction of sp³-hybridized carbons (Fsp3) is 0.600. The van der Waals surface area contributed by atoms with Crippen LogP contribution >= 0.6 is 0 Å². The molecule has 4 heteroatoms. The lowest BCUT2D eigenvalue weighted by Gasteiger charge is -2.29. The van der Waals surface area contributed by atoms with Gasteiger partial charge in [-0.25, -0.2) is 0 Å². The van der Waals surface area contributed by atoms with Crippen molar-refractivity contribution in [1.29, 1.82) is 0 Å². The molecule has 0 aromatic heterocycles. The van der Waals surface area contributed by atoms with Crippen LogP contribution in [0, 0.1) is 0 Å². The van der Waals surface area contributed by atoms with Gasteiger partial charge in [-0.1, -0.05) is 13.8 Å². The van der Waals surface area contributed by atoms with Crippen molar-refractivity contribution in [3.8, 4) is 0 Å². The molecule has 0 radical (unpaired) electrons. The lowest BCUT2D eigenvalue weighted by molar-refractivity contribution is -0.141. The van der Waals surface area contributed by atoms with E-state index >= 15 is 0 Å². The summed E-state index contributed by atoms with van der Waals surface area (Å²) in [5, 5.41) is 9.95. The van der Waals surface area contributed by atoms with Crippen molar-refractivity contribution >= 4 is 11.8 Å². The smallest absolute Gasteiger partial charge is 0.253 e. The van der Waals surface area contributed by atoms with E-state index in [1.807, 2.05) is 13.8 Å². The molecule has 1 aliphatic rings. The zero-order valence-corrected chi connectivity index (χ0v) is 8.49. The van der Waals surface area contributed by atoms with Crippen LogP contribution in [0.2, 0.25) is 0 Å². The van der Waals surface area contributed by atoms with Crippen molar-refractivity contribution in [2.75, 3.05) is 6.54 Å². The highest BCUT2D eigenvalue weighted by atomic mass is 16.3. The molecule has 4 nitrogen and oxygen atoms in total. The lowest BCUT2D eigenvalue weighted by Crippen LogP contribution is -2.45. The maximum absolute atomic E-state index is 11.2. The van der Waals surface area contributed by atoms with Crippen LogP contribution in [0.4, 0.5) is 0 Å². The molecule has 0 spiro atoms. The van der Waals surface area contributed by atoms with Gasteiger partial charge in [-0.2, -0.15) is 0 Å². The Labute approximate surface area is 83.2 Å². The summed E-state index contributed by atoms with van der Waals surface area (Å²) in [6, 6.07) is 0. The Balaban J connectivity index is 2.69. The molecule has 0 saturated carbocycles. The maximum atomic E-state index is 11.2. The molecule has 0 bridgehead atoms. The minimum absolute atomic E-state index is 0.0880. The standard InChI is InChI=1S/C10H15NO3/c1-3-10(14,4-2)7-11-8(12)5-6-9(11)13/h5-6,14H,3-4,7H2,1-2H3. The average molecular weight is 197 g/mol. The largest absolute Gasteiger partial charge is 0.388 e. The van der Waals surface area contributed by atoms with E-state index in [1.54, 1.807) is 0 Å². The van der Waals surface area contributed by atoms with Gasteiger partial charge in [-0.15, -0.1) is 0 Å². The minimum Gasteiger partial charge on any atom is -0.388 e. The zero-order chi connectivity index (χ0) is 10.8. The molecule has 1 aliphatic heterocycles. The second-order valence-corrected chi connectivity index (χ2v) is 3.53. The summed E-state index contributed by atoms with van der Waals surface area (Å²) in [6.07, 6.45) is 3.52. The zero-order valence-electron chi connectivity index (χ0n) is 8.49.